The highest BCUT2D eigenvalue weighted by Gasteiger charge is 2.38. The number of likely N-dealkylation sites (tertiary alicyclic amines) is 1. The summed E-state index contributed by atoms with van der Waals surface area (Å²) in [4.78, 5) is 40.4. The molecule has 0 aromatic heterocycles. The quantitative estimate of drug-likeness (QED) is 0.597. The number of fused-ring (bicyclic) bond motifs is 1. The summed E-state index contributed by atoms with van der Waals surface area (Å²) in [5.74, 6) is -0.372. The van der Waals surface area contributed by atoms with Gasteiger partial charge in [-0.25, -0.2) is 8.42 Å². The second-order valence-corrected chi connectivity index (χ2v) is 10.9. The highest BCUT2D eigenvalue weighted by Crippen LogP contribution is 2.35. The van der Waals surface area contributed by atoms with E-state index in [0.29, 0.717) is 50.3 Å². The van der Waals surface area contributed by atoms with Gasteiger partial charge in [-0.2, -0.15) is 4.31 Å². The number of hydrogen-bond donors (Lipinski definition) is 1. The number of amides is 3. The fraction of sp³-hybridized carbons (Fsp3) is 0.609. The van der Waals surface area contributed by atoms with Crippen LogP contribution in [-0.2, 0) is 30.8 Å². The standard InChI is InChI=1S/C23H32N4O5S/c1-17(28)27-20-9-8-19(33(31,32)26-13-3-2-4-14-26)15-18(20)16-21(27)23(30)24-10-6-12-25-11-5-7-22(25)29/h8-9,15,21H,2-7,10-14,16H2,1H3,(H,24,30)/t21-/m0/s1. The predicted molar refractivity (Wildman–Crippen MR) is 123 cm³/mol. The van der Waals surface area contributed by atoms with Crippen molar-refractivity contribution in [2.45, 2.75) is 62.8 Å². The monoisotopic (exact) mass is 476 g/mol. The van der Waals surface area contributed by atoms with Crippen LogP contribution in [0.5, 0.6) is 0 Å². The molecule has 0 unspecified atom stereocenters. The molecule has 0 radical (unpaired) electrons. The molecule has 10 heteroatoms. The second-order valence-electron chi connectivity index (χ2n) is 8.99. The Morgan fingerprint density at radius 1 is 1.09 bits per heavy atom. The summed E-state index contributed by atoms with van der Waals surface area (Å²) in [6, 6.07) is 4.08. The van der Waals surface area contributed by atoms with Crippen LogP contribution in [0.1, 0.15) is 51.0 Å². The summed E-state index contributed by atoms with van der Waals surface area (Å²) in [5, 5.41) is 2.88. The maximum Gasteiger partial charge on any atom is 0.243 e. The van der Waals surface area contributed by atoms with Gasteiger partial charge in [-0.1, -0.05) is 6.42 Å². The van der Waals surface area contributed by atoms with Crippen LogP contribution < -0.4 is 10.2 Å². The highest BCUT2D eigenvalue weighted by molar-refractivity contribution is 7.89. The van der Waals surface area contributed by atoms with Gasteiger partial charge in [0, 0.05) is 58.2 Å². The fourth-order valence-corrected chi connectivity index (χ4v) is 6.55. The first-order valence-corrected chi connectivity index (χ1v) is 13.2. The van der Waals surface area contributed by atoms with E-state index in [4.69, 9.17) is 0 Å². The number of nitrogens with zero attached hydrogens (tertiary/aromatic N) is 3. The Bertz CT molecular complexity index is 1040. The van der Waals surface area contributed by atoms with Crippen molar-refractivity contribution in [2.75, 3.05) is 37.6 Å². The Labute approximate surface area is 195 Å². The number of rotatable bonds is 7. The molecule has 9 nitrogen and oxygen atoms in total. The highest BCUT2D eigenvalue weighted by atomic mass is 32.2. The maximum absolute atomic E-state index is 13.1. The average molecular weight is 477 g/mol. The molecular weight excluding hydrogens is 444 g/mol. The van der Waals surface area contributed by atoms with Crippen LogP contribution in [0.25, 0.3) is 0 Å². The molecule has 0 aliphatic carbocycles. The lowest BCUT2D eigenvalue weighted by atomic mass is 10.1. The van der Waals surface area contributed by atoms with Gasteiger partial charge in [-0.3, -0.25) is 19.3 Å². The average Bonchev–Trinajstić information content (AvgIpc) is 3.40. The van der Waals surface area contributed by atoms with E-state index in [1.165, 1.54) is 22.2 Å². The van der Waals surface area contributed by atoms with E-state index >= 15 is 0 Å². The van der Waals surface area contributed by atoms with E-state index in [1.54, 1.807) is 12.1 Å². The molecule has 3 aliphatic heterocycles. The van der Waals surface area contributed by atoms with Crippen molar-refractivity contribution >= 4 is 33.4 Å². The molecule has 4 rings (SSSR count). The molecule has 0 spiro atoms. The normalized spacial score (nSPS) is 21.4. The van der Waals surface area contributed by atoms with E-state index in [2.05, 4.69) is 5.32 Å². The Kier molecular flexibility index (Phi) is 7.04. The molecule has 1 aromatic rings. The summed E-state index contributed by atoms with van der Waals surface area (Å²) in [5.41, 5.74) is 1.27. The van der Waals surface area contributed by atoms with E-state index in [1.807, 2.05) is 4.90 Å². The zero-order chi connectivity index (χ0) is 23.6. The van der Waals surface area contributed by atoms with Crippen molar-refractivity contribution in [2.24, 2.45) is 0 Å². The van der Waals surface area contributed by atoms with Gasteiger partial charge < -0.3 is 10.2 Å². The lowest BCUT2D eigenvalue weighted by Crippen LogP contribution is -2.47. The number of benzene rings is 1. The molecule has 0 saturated carbocycles. The van der Waals surface area contributed by atoms with Crippen molar-refractivity contribution in [3.63, 3.8) is 0 Å². The Hall–Kier alpha value is -2.46. The van der Waals surface area contributed by atoms with E-state index in [-0.39, 0.29) is 29.0 Å². The summed E-state index contributed by atoms with van der Waals surface area (Å²) in [7, 11) is -3.59. The van der Waals surface area contributed by atoms with E-state index in [9.17, 15) is 22.8 Å². The number of piperidine rings is 1. The van der Waals surface area contributed by atoms with Crippen molar-refractivity contribution in [3.05, 3.63) is 23.8 Å². The third-order valence-corrected chi connectivity index (χ3v) is 8.60. The largest absolute Gasteiger partial charge is 0.354 e. The molecule has 180 valence electrons. The fourth-order valence-electron chi connectivity index (χ4n) is 4.98. The third kappa shape index (κ3) is 4.91. The smallest absolute Gasteiger partial charge is 0.243 e. The van der Waals surface area contributed by atoms with Crippen molar-refractivity contribution in [1.82, 2.24) is 14.5 Å². The van der Waals surface area contributed by atoms with Gasteiger partial charge in [0.15, 0.2) is 0 Å². The molecule has 1 aromatic carbocycles. The molecule has 3 heterocycles. The van der Waals surface area contributed by atoms with Gasteiger partial charge in [-0.15, -0.1) is 0 Å². The molecular formula is C23H32N4O5S. The Balaban J connectivity index is 1.43. The zero-order valence-electron chi connectivity index (χ0n) is 19.1. The molecule has 2 saturated heterocycles. The molecule has 3 aliphatic rings. The van der Waals surface area contributed by atoms with Crippen LogP contribution in [0, 0.1) is 0 Å². The SMILES string of the molecule is CC(=O)N1c2ccc(S(=O)(=O)N3CCCCC3)cc2C[C@H]1C(=O)NCCCN1CCCC1=O. The number of anilines is 1. The van der Waals surface area contributed by atoms with Gasteiger partial charge in [0.1, 0.15) is 6.04 Å². The second kappa shape index (κ2) is 9.80. The van der Waals surface area contributed by atoms with Crippen molar-refractivity contribution in [3.8, 4) is 0 Å². The van der Waals surface area contributed by atoms with Crippen LogP contribution >= 0.6 is 0 Å². The topological polar surface area (TPSA) is 107 Å². The minimum Gasteiger partial charge on any atom is -0.354 e. The van der Waals surface area contributed by atoms with Gasteiger partial charge in [-0.05, 0) is 49.4 Å². The minimum atomic E-state index is -3.59. The van der Waals surface area contributed by atoms with Crippen LogP contribution in [0.3, 0.4) is 0 Å². The molecule has 1 atom stereocenters. The van der Waals surface area contributed by atoms with Gasteiger partial charge >= 0.3 is 0 Å². The van der Waals surface area contributed by atoms with E-state index < -0.39 is 16.1 Å². The van der Waals surface area contributed by atoms with Crippen LogP contribution in [0.15, 0.2) is 23.1 Å². The first kappa shape index (κ1) is 23.7. The Morgan fingerprint density at radius 3 is 2.52 bits per heavy atom. The van der Waals surface area contributed by atoms with E-state index in [0.717, 1.165) is 32.2 Å². The number of carbonyl (C=O) groups is 3. The lowest BCUT2D eigenvalue weighted by Gasteiger charge is -2.26. The number of nitrogens with one attached hydrogen (secondary N) is 1. The van der Waals surface area contributed by atoms with Crippen LogP contribution in [-0.4, -0.2) is 74.1 Å². The van der Waals surface area contributed by atoms with Gasteiger partial charge in [0.2, 0.25) is 27.7 Å². The third-order valence-electron chi connectivity index (χ3n) is 6.71. The first-order valence-electron chi connectivity index (χ1n) is 11.8. The van der Waals surface area contributed by atoms with Gasteiger partial charge in [0.25, 0.3) is 0 Å². The summed E-state index contributed by atoms with van der Waals surface area (Å²) in [6.45, 7) is 4.24. The maximum atomic E-state index is 13.1. The first-order chi connectivity index (χ1) is 15.8. The minimum absolute atomic E-state index is 0.158. The van der Waals surface area contributed by atoms with Crippen molar-refractivity contribution < 1.29 is 22.8 Å². The molecule has 1 N–H and O–H groups in total. The molecule has 33 heavy (non-hydrogen) atoms. The van der Waals surface area contributed by atoms with Crippen molar-refractivity contribution in [1.29, 1.82) is 0 Å². The Morgan fingerprint density at radius 2 is 1.85 bits per heavy atom. The lowest BCUT2D eigenvalue weighted by molar-refractivity contribution is -0.127. The molecule has 2 fully saturated rings. The number of hydrogen-bond acceptors (Lipinski definition) is 5. The van der Waals surface area contributed by atoms with Gasteiger partial charge in [0.05, 0.1) is 4.90 Å². The molecule has 3 amide bonds. The number of carbonyl (C=O) groups excluding carboxylic acids is 3. The summed E-state index contributed by atoms with van der Waals surface area (Å²) < 4.78 is 27.6. The van der Waals surface area contributed by atoms with Crippen LogP contribution in [0.2, 0.25) is 0 Å². The van der Waals surface area contributed by atoms with Crippen LogP contribution in [0.4, 0.5) is 5.69 Å². The summed E-state index contributed by atoms with van der Waals surface area (Å²) in [6.07, 6.45) is 5.15. The molecule has 0 bridgehead atoms. The summed E-state index contributed by atoms with van der Waals surface area (Å²) >= 11 is 0. The zero-order valence-corrected chi connectivity index (χ0v) is 19.9. The number of sulfonamides is 1. The predicted octanol–water partition coefficient (Wildman–Crippen LogP) is 1.27.